The van der Waals surface area contributed by atoms with Gasteiger partial charge in [0.05, 0.1) is 19.6 Å². The molecule has 3 heterocycles. The van der Waals surface area contributed by atoms with Crippen molar-refractivity contribution < 1.29 is 14.3 Å². The third kappa shape index (κ3) is 3.19. The third-order valence-electron chi connectivity index (χ3n) is 5.04. The number of aromatic nitrogens is 1. The van der Waals surface area contributed by atoms with Crippen LogP contribution in [0.3, 0.4) is 0 Å². The Morgan fingerprint density at radius 2 is 2.23 bits per heavy atom. The highest BCUT2D eigenvalue weighted by Gasteiger charge is 2.47. The molecule has 0 unspecified atom stereocenters. The quantitative estimate of drug-likeness (QED) is 0.845. The van der Waals surface area contributed by atoms with Crippen molar-refractivity contribution in [2.45, 2.75) is 25.0 Å². The van der Waals surface area contributed by atoms with E-state index in [4.69, 9.17) is 16.3 Å². The summed E-state index contributed by atoms with van der Waals surface area (Å²) in [6.07, 6.45) is 1.29. The first kappa shape index (κ1) is 17.0. The summed E-state index contributed by atoms with van der Waals surface area (Å²) in [5.74, 6) is 0. The minimum Gasteiger partial charge on any atom is -0.439 e. The number of hydrogen-bond acceptors (Lipinski definition) is 3. The van der Waals surface area contributed by atoms with Gasteiger partial charge in [0, 0.05) is 35.2 Å². The maximum Gasteiger partial charge on any atom is 0.410 e. The van der Waals surface area contributed by atoms with Crippen LogP contribution >= 0.6 is 11.6 Å². The number of hydrogen-bond donors (Lipinski definition) is 2. The second kappa shape index (κ2) is 6.39. The van der Waals surface area contributed by atoms with Crippen LogP contribution in [0, 0.1) is 0 Å². The minimum absolute atomic E-state index is 0.147. The van der Waals surface area contributed by atoms with Gasteiger partial charge in [-0.3, -0.25) is 0 Å². The van der Waals surface area contributed by atoms with Crippen molar-refractivity contribution in [1.29, 1.82) is 0 Å². The smallest absolute Gasteiger partial charge is 0.410 e. The standard InChI is InChI=1S/C18H21ClN4O3/c1-22-10-18(26-17(22)25)5-2-6-23(11-18)16(24)20-9-14-8-12-7-13(19)3-4-15(12)21-14/h3-4,7-8,21H,2,5-6,9-11H2,1H3,(H,20,24)/t18-/m0/s1. The van der Waals surface area contributed by atoms with Crippen LogP contribution < -0.4 is 5.32 Å². The van der Waals surface area contributed by atoms with Crippen LogP contribution in [0.1, 0.15) is 18.5 Å². The fourth-order valence-corrected chi connectivity index (χ4v) is 4.00. The van der Waals surface area contributed by atoms with Crippen molar-refractivity contribution in [2.24, 2.45) is 0 Å². The van der Waals surface area contributed by atoms with Gasteiger partial charge in [0.25, 0.3) is 0 Å². The lowest BCUT2D eigenvalue weighted by molar-refractivity contribution is 0.00317. The first-order valence-electron chi connectivity index (χ1n) is 8.68. The van der Waals surface area contributed by atoms with Crippen LogP contribution in [0.5, 0.6) is 0 Å². The van der Waals surface area contributed by atoms with Crippen molar-refractivity contribution in [3.8, 4) is 0 Å². The number of fused-ring (bicyclic) bond motifs is 1. The molecular weight excluding hydrogens is 356 g/mol. The molecule has 1 atom stereocenters. The van der Waals surface area contributed by atoms with E-state index in [1.54, 1.807) is 16.8 Å². The van der Waals surface area contributed by atoms with E-state index in [2.05, 4.69) is 10.3 Å². The summed E-state index contributed by atoms with van der Waals surface area (Å²) in [6, 6.07) is 7.47. The number of carbonyl (C=O) groups excluding carboxylic acids is 2. The van der Waals surface area contributed by atoms with Crippen molar-refractivity contribution in [2.75, 3.05) is 26.7 Å². The SMILES string of the molecule is CN1C[C@]2(CCCN(C(=O)NCc3cc4cc(Cl)ccc4[nH]3)C2)OC1=O. The first-order chi connectivity index (χ1) is 12.4. The molecule has 4 rings (SSSR count). The molecule has 2 saturated heterocycles. The number of benzene rings is 1. The molecule has 0 saturated carbocycles. The van der Waals surface area contributed by atoms with Gasteiger partial charge in [-0.25, -0.2) is 9.59 Å². The summed E-state index contributed by atoms with van der Waals surface area (Å²) in [4.78, 5) is 30.9. The van der Waals surface area contributed by atoms with Crippen LogP contribution in [-0.4, -0.2) is 59.2 Å². The third-order valence-corrected chi connectivity index (χ3v) is 5.27. The average Bonchev–Trinajstić information content (AvgIpc) is 3.12. The number of H-pyrrole nitrogens is 1. The molecule has 1 aromatic carbocycles. The highest BCUT2D eigenvalue weighted by atomic mass is 35.5. The lowest BCUT2D eigenvalue weighted by Gasteiger charge is -2.38. The number of likely N-dealkylation sites (tertiary alicyclic amines) is 1. The second-order valence-electron chi connectivity index (χ2n) is 7.12. The van der Waals surface area contributed by atoms with Crippen molar-refractivity contribution >= 4 is 34.6 Å². The number of amides is 3. The van der Waals surface area contributed by atoms with Crippen molar-refractivity contribution in [3.05, 3.63) is 35.0 Å². The summed E-state index contributed by atoms with van der Waals surface area (Å²) in [7, 11) is 1.72. The van der Waals surface area contributed by atoms with Gasteiger partial charge in [0.15, 0.2) is 0 Å². The van der Waals surface area contributed by atoms with Gasteiger partial charge in [-0.15, -0.1) is 0 Å². The number of piperidine rings is 1. The lowest BCUT2D eigenvalue weighted by Crippen LogP contribution is -2.54. The highest BCUT2D eigenvalue weighted by molar-refractivity contribution is 6.31. The Morgan fingerprint density at radius 1 is 1.38 bits per heavy atom. The van der Waals surface area contributed by atoms with Gasteiger partial charge in [-0.05, 0) is 37.1 Å². The van der Waals surface area contributed by atoms with Crippen LogP contribution in [0.4, 0.5) is 9.59 Å². The highest BCUT2D eigenvalue weighted by Crippen LogP contribution is 2.31. The Bertz CT molecular complexity index is 867. The molecule has 8 heteroatoms. The Morgan fingerprint density at radius 3 is 3.00 bits per heavy atom. The van der Waals surface area contributed by atoms with E-state index in [-0.39, 0.29) is 12.1 Å². The van der Waals surface area contributed by atoms with Crippen molar-refractivity contribution in [3.63, 3.8) is 0 Å². The predicted molar refractivity (Wildman–Crippen MR) is 98.2 cm³/mol. The number of nitrogens with one attached hydrogen (secondary N) is 2. The van der Waals surface area contributed by atoms with Gasteiger partial charge in [-0.2, -0.15) is 0 Å². The Balaban J connectivity index is 1.39. The molecule has 2 aromatic rings. The normalized spacial score (nSPS) is 22.9. The Hall–Kier alpha value is -2.41. The van der Waals surface area contributed by atoms with E-state index in [1.807, 2.05) is 24.3 Å². The van der Waals surface area contributed by atoms with Gasteiger partial charge in [-0.1, -0.05) is 11.6 Å². The van der Waals surface area contributed by atoms with E-state index in [0.29, 0.717) is 31.2 Å². The van der Waals surface area contributed by atoms with Gasteiger partial charge < -0.3 is 24.8 Å². The zero-order valence-corrected chi connectivity index (χ0v) is 15.3. The number of likely N-dealkylation sites (N-methyl/N-ethyl adjacent to an activating group) is 1. The molecule has 0 radical (unpaired) electrons. The second-order valence-corrected chi connectivity index (χ2v) is 7.55. The number of rotatable bonds is 2. The number of aromatic amines is 1. The zero-order chi connectivity index (χ0) is 18.3. The van der Waals surface area contributed by atoms with Gasteiger partial charge >= 0.3 is 12.1 Å². The molecule has 26 heavy (non-hydrogen) atoms. The molecular formula is C18H21ClN4O3. The van der Waals surface area contributed by atoms with Crippen LogP contribution in [0.2, 0.25) is 5.02 Å². The maximum absolute atomic E-state index is 12.6. The lowest BCUT2D eigenvalue weighted by atomic mass is 9.93. The summed E-state index contributed by atoms with van der Waals surface area (Å²) >= 11 is 6.01. The largest absolute Gasteiger partial charge is 0.439 e. The van der Waals surface area contributed by atoms with E-state index in [0.717, 1.165) is 29.4 Å². The molecule has 0 aliphatic carbocycles. The van der Waals surface area contributed by atoms with E-state index >= 15 is 0 Å². The van der Waals surface area contributed by atoms with Crippen LogP contribution in [-0.2, 0) is 11.3 Å². The summed E-state index contributed by atoms with van der Waals surface area (Å²) in [6.45, 7) is 2.01. The topological polar surface area (TPSA) is 77.7 Å². The summed E-state index contributed by atoms with van der Waals surface area (Å²) in [5, 5.41) is 4.64. The number of ether oxygens (including phenoxy) is 1. The number of carbonyl (C=O) groups is 2. The molecule has 138 valence electrons. The molecule has 1 spiro atoms. The number of nitrogens with zero attached hydrogens (tertiary/aromatic N) is 2. The molecule has 2 fully saturated rings. The monoisotopic (exact) mass is 376 g/mol. The van der Waals surface area contributed by atoms with Crippen LogP contribution in [0.25, 0.3) is 10.9 Å². The molecule has 2 aliphatic rings. The van der Waals surface area contributed by atoms with Gasteiger partial charge in [0.2, 0.25) is 0 Å². The Labute approximate surface area is 156 Å². The zero-order valence-electron chi connectivity index (χ0n) is 14.5. The molecule has 2 N–H and O–H groups in total. The van der Waals surface area contributed by atoms with Crippen molar-refractivity contribution in [1.82, 2.24) is 20.1 Å². The fraction of sp³-hybridized carbons (Fsp3) is 0.444. The molecule has 2 aliphatic heterocycles. The molecule has 3 amide bonds. The first-order valence-corrected chi connectivity index (χ1v) is 9.06. The van der Waals surface area contributed by atoms with E-state index in [1.165, 1.54) is 0 Å². The van der Waals surface area contributed by atoms with E-state index in [9.17, 15) is 9.59 Å². The molecule has 1 aromatic heterocycles. The molecule has 7 nitrogen and oxygen atoms in total. The molecule has 0 bridgehead atoms. The summed E-state index contributed by atoms with van der Waals surface area (Å²) in [5.41, 5.74) is 1.32. The minimum atomic E-state index is -0.570. The fourth-order valence-electron chi connectivity index (χ4n) is 3.82. The predicted octanol–water partition coefficient (Wildman–Crippen LogP) is 2.95. The Kier molecular flexibility index (Phi) is 4.19. The van der Waals surface area contributed by atoms with Crippen LogP contribution in [0.15, 0.2) is 24.3 Å². The number of urea groups is 1. The average molecular weight is 377 g/mol. The van der Waals surface area contributed by atoms with E-state index < -0.39 is 5.60 Å². The maximum atomic E-state index is 12.6. The number of halogens is 1. The summed E-state index contributed by atoms with van der Waals surface area (Å²) < 4.78 is 5.54. The van der Waals surface area contributed by atoms with Gasteiger partial charge in [0.1, 0.15) is 5.60 Å².